The van der Waals surface area contributed by atoms with E-state index in [0.717, 1.165) is 18.4 Å². The number of rotatable bonds is 3. The van der Waals surface area contributed by atoms with Crippen LogP contribution in [-0.2, 0) is 16.3 Å². The molecule has 14 heavy (non-hydrogen) atoms. The second kappa shape index (κ2) is 4.04. The first-order chi connectivity index (χ1) is 6.39. The van der Waals surface area contributed by atoms with Crippen molar-refractivity contribution < 1.29 is 8.42 Å². The molecular formula is C9H14N2O2S. The van der Waals surface area contributed by atoms with E-state index in [1.54, 1.807) is 6.07 Å². The van der Waals surface area contributed by atoms with Crippen LogP contribution in [0.4, 0.5) is 0 Å². The van der Waals surface area contributed by atoms with E-state index >= 15 is 0 Å². The molecule has 0 amide bonds. The van der Waals surface area contributed by atoms with Crippen molar-refractivity contribution in [3.63, 3.8) is 0 Å². The maximum atomic E-state index is 11.1. The van der Waals surface area contributed by atoms with E-state index in [1.165, 1.54) is 6.20 Å². The summed E-state index contributed by atoms with van der Waals surface area (Å²) in [5.41, 5.74) is 0.774. The fraction of sp³-hybridized carbons (Fsp3) is 0.556. The van der Waals surface area contributed by atoms with Crippen molar-refractivity contribution in [1.29, 1.82) is 0 Å². The van der Waals surface area contributed by atoms with Crippen LogP contribution in [0.2, 0.25) is 0 Å². The maximum Gasteiger partial charge on any atom is 0.246 e. The van der Waals surface area contributed by atoms with Crippen LogP contribution in [-0.4, -0.2) is 24.6 Å². The van der Waals surface area contributed by atoms with Crippen LogP contribution in [0.1, 0.15) is 19.5 Å². The van der Waals surface area contributed by atoms with Crippen LogP contribution in [0.3, 0.4) is 0 Å². The molecule has 4 nitrogen and oxygen atoms in total. The van der Waals surface area contributed by atoms with Crippen molar-refractivity contribution in [2.45, 2.75) is 25.4 Å². The van der Waals surface area contributed by atoms with E-state index in [0.29, 0.717) is 5.92 Å². The van der Waals surface area contributed by atoms with Crippen LogP contribution >= 0.6 is 0 Å². The van der Waals surface area contributed by atoms with Gasteiger partial charge in [0, 0.05) is 18.1 Å². The van der Waals surface area contributed by atoms with Gasteiger partial charge in [-0.1, -0.05) is 13.8 Å². The molecule has 0 aliphatic carbocycles. The third kappa shape index (κ3) is 3.06. The average molecular weight is 214 g/mol. The fourth-order valence-electron chi connectivity index (χ4n) is 1.09. The normalized spacial score (nSPS) is 12.0. The minimum Gasteiger partial charge on any atom is -0.227 e. The SMILES string of the molecule is CC(C)Cc1ccnc(S(C)(=O)=O)n1. The predicted octanol–water partition coefficient (Wildman–Crippen LogP) is 1.08. The van der Waals surface area contributed by atoms with E-state index in [4.69, 9.17) is 0 Å². The van der Waals surface area contributed by atoms with Gasteiger partial charge in [-0.25, -0.2) is 18.4 Å². The molecule has 1 aromatic rings. The smallest absolute Gasteiger partial charge is 0.227 e. The van der Waals surface area contributed by atoms with Gasteiger partial charge in [-0.05, 0) is 18.4 Å². The first kappa shape index (κ1) is 11.1. The fourth-order valence-corrected chi connectivity index (χ4v) is 1.62. The monoisotopic (exact) mass is 214 g/mol. The maximum absolute atomic E-state index is 11.1. The Morgan fingerprint density at radius 1 is 1.43 bits per heavy atom. The molecule has 0 spiro atoms. The molecule has 78 valence electrons. The highest BCUT2D eigenvalue weighted by Crippen LogP contribution is 2.07. The molecule has 1 rings (SSSR count). The minimum atomic E-state index is -3.28. The Morgan fingerprint density at radius 3 is 2.57 bits per heavy atom. The van der Waals surface area contributed by atoms with Gasteiger partial charge in [0.1, 0.15) is 0 Å². The lowest BCUT2D eigenvalue weighted by Gasteiger charge is -2.04. The molecule has 0 saturated heterocycles. The molecule has 0 atom stereocenters. The minimum absolute atomic E-state index is 0.0874. The summed E-state index contributed by atoms with van der Waals surface area (Å²) < 4.78 is 22.3. The van der Waals surface area contributed by atoms with Gasteiger partial charge in [0.2, 0.25) is 15.0 Å². The summed E-state index contributed by atoms with van der Waals surface area (Å²) in [6.07, 6.45) is 3.37. The van der Waals surface area contributed by atoms with Crippen molar-refractivity contribution in [3.8, 4) is 0 Å². The zero-order chi connectivity index (χ0) is 10.8. The third-order valence-corrected chi connectivity index (χ3v) is 2.50. The Hall–Kier alpha value is -0.970. The lowest BCUT2D eigenvalue weighted by Crippen LogP contribution is -2.07. The number of sulfone groups is 1. The Bertz CT molecular complexity index is 413. The zero-order valence-electron chi connectivity index (χ0n) is 8.56. The molecule has 1 aromatic heterocycles. The summed E-state index contributed by atoms with van der Waals surface area (Å²) in [6.45, 7) is 4.12. The molecule has 0 bridgehead atoms. The Labute approximate surface area is 84.3 Å². The van der Waals surface area contributed by atoms with E-state index < -0.39 is 9.84 Å². The van der Waals surface area contributed by atoms with Gasteiger partial charge in [0.15, 0.2) is 0 Å². The van der Waals surface area contributed by atoms with Crippen molar-refractivity contribution in [1.82, 2.24) is 9.97 Å². The zero-order valence-corrected chi connectivity index (χ0v) is 9.37. The van der Waals surface area contributed by atoms with Crippen LogP contribution < -0.4 is 0 Å². The molecule has 0 aliphatic heterocycles. The van der Waals surface area contributed by atoms with Gasteiger partial charge in [-0.15, -0.1) is 0 Å². The van der Waals surface area contributed by atoms with Gasteiger partial charge in [-0.2, -0.15) is 0 Å². The predicted molar refractivity (Wildman–Crippen MR) is 53.7 cm³/mol. The largest absolute Gasteiger partial charge is 0.246 e. The quantitative estimate of drug-likeness (QED) is 0.706. The van der Waals surface area contributed by atoms with E-state index in [-0.39, 0.29) is 5.16 Å². The number of hydrogen-bond donors (Lipinski definition) is 0. The van der Waals surface area contributed by atoms with Crippen LogP contribution in [0.25, 0.3) is 0 Å². The van der Waals surface area contributed by atoms with E-state index in [2.05, 4.69) is 23.8 Å². The summed E-state index contributed by atoms with van der Waals surface area (Å²) >= 11 is 0. The van der Waals surface area contributed by atoms with Crippen molar-refractivity contribution in [2.24, 2.45) is 5.92 Å². The van der Waals surface area contributed by atoms with Gasteiger partial charge in [0.05, 0.1) is 0 Å². The Morgan fingerprint density at radius 2 is 2.07 bits per heavy atom. The second-order valence-corrected chi connectivity index (χ2v) is 5.61. The first-order valence-electron chi connectivity index (χ1n) is 4.41. The lowest BCUT2D eigenvalue weighted by molar-refractivity contribution is 0.586. The molecular weight excluding hydrogens is 200 g/mol. The van der Waals surface area contributed by atoms with Gasteiger partial charge >= 0.3 is 0 Å². The topological polar surface area (TPSA) is 59.9 Å². The average Bonchev–Trinajstić information content (AvgIpc) is 2.01. The standard InChI is InChI=1S/C9H14N2O2S/c1-7(2)6-8-4-5-10-9(11-8)14(3,12)13/h4-5,7H,6H2,1-3H3. The third-order valence-electron chi connectivity index (χ3n) is 1.64. The van der Waals surface area contributed by atoms with E-state index in [9.17, 15) is 8.42 Å². The molecule has 5 heteroatoms. The summed E-state index contributed by atoms with van der Waals surface area (Å²) in [4.78, 5) is 7.70. The number of hydrogen-bond acceptors (Lipinski definition) is 4. The molecule has 0 aliphatic rings. The molecule has 0 aromatic carbocycles. The molecule has 1 heterocycles. The van der Waals surface area contributed by atoms with Gasteiger partial charge in [-0.3, -0.25) is 0 Å². The molecule has 0 N–H and O–H groups in total. The Balaban J connectivity index is 3.02. The molecule has 0 fully saturated rings. The lowest BCUT2D eigenvalue weighted by atomic mass is 10.1. The van der Waals surface area contributed by atoms with Crippen LogP contribution in [0, 0.1) is 5.92 Å². The van der Waals surface area contributed by atoms with Crippen molar-refractivity contribution >= 4 is 9.84 Å². The highest BCUT2D eigenvalue weighted by Gasteiger charge is 2.11. The highest BCUT2D eigenvalue weighted by atomic mass is 32.2. The summed E-state index contributed by atoms with van der Waals surface area (Å²) in [7, 11) is -3.28. The summed E-state index contributed by atoms with van der Waals surface area (Å²) in [5, 5.41) is -0.0874. The molecule has 0 saturated carbocycles. The summed E-state index contributed by atoms with van der Waals surface area (Å²) in [5.74, 6) is 0.456. The van der Waals surface area contributed by atoms with Gasteiger partial charge < -0.3 is 0 Å². The second-order valence-electron chi connectivity index (χ2n) is 3.70. The molecule has 0 unspecified atom stereocenters. The molecule has 0 radical (unpaired) electrons. The van der Waals surface area contributed by atoms with Crippen molar-refractivity contribution in [2.75, 3.05) is 6.26 Å². The van der Waals surface area contributed by atoms with Crippen LogP contribution in [0.15, 0.2) is 17.4 Å². The number of nitrogens with zero attached hydrogens (tertiary/aromatic N) is 2. The van der Waals surface area contributed by atoms with Crippen molar-refractivity contribution in [3.05, 3.63) is 18.0 Å². The van der Waals surface area contributed by atoms with Crippen LogP contribution in [0.5, 0.6) is 0 Å². The summed E-state index contributed by atoms with van der Waals surface area (Å²) in [6, 6.07) is 1.74. The van der Waals surface area contributed by atoms with Gasteiger partial charge in [0.25, 0.3) is 0 Å². The first-order valence-corrected chi connectivity index (χ1v) is 6.30. The highest BCUT2D eigenvalue weighted by molar-refractivity contribution is 7.90. The Kier molecular flexibility index (Phi) is 3.21. The van der Waals surface area contributed by atoms with E-state index in [1.807, 2.05) is 0 Å². The number of aromatic nitrogens is 2.